The molecule has 1 saturated heterocycles. The minimum absolute atomic E-state index is 0.243. The van der Waals surface area contributed by atoms with Gasteiger partial charge in [0.25, 0.3) is 0 Å². The SMILES string of the molecule is CC(=O)N1CCC(CC(C(C)C)C(C)C)CC1. The van der Waals surface area contributed by atoms with Gasteiger partial charge in [0.1, 0.15) is 0 Å². The van der Waals surface area contributed by atoms with Crippen LogP contribution >= 0.6 is 0 Å². The zero-order chi connectivity index (χ0) is 13.0. The van der Waals surface area contributed by atoms with Crippen molar-refractivity contribution < 1.29 is 4.79 Å². The van der Waals surface area contributed by atoms with E-state index in [4.69, 9.17) is 0 Å². The second kappa shape index (κ2) is 6.42. The Morgan fingerprint density at radius 3 is 1.94 bits per heavy atom. The van der Waals surface area contributed by atoms with Gasteiger partial charge >= 0.3 is 0 Å². The number of likely N-dealkylation sites (tertiary alicyclic amines) is 1. The van der Waals surface area contributed by atoms with Crippen LogP contribution in [-0.4, -0.2) is 23.9 Å². The predicted octanol–water partition coefficient (Wildman–Crippen LogP) is 3.56. The van der Waals surface area contributed by atoms with E-state index in [0.29, 0.717) is 0 Å². The number of carbonyl (C=O) groups is 1. The fraction of sp³-hybridized carbons (Fsp3) is 0.933. The van der Waals surface area contributed by atoms with Gasteiger partial charge in [-0.05, 0) is 42.9 Å². The quantitative estimate of drug-likeness (QED) is 0.734. The summed E-state index contributed by atoms with van der Waals surface area (Å²) in [5.74, 6) is 3.47. The van der Waals surface area contributed by atoms with Gasteiger partial charge in [0.05, 0.1) is 0 Å². The Morgan fingerprint density at radius 2 is 1.59 bits per heavy atom. The molecule has 17 heavy (non-hydrogen) atoms. The number of amides is 1. The Kier molecular flexibility index (Phi) is 5.48. The fourth-order valence-electron chi connectivity index (χ4n) is 3.18. The number of hydrogen-bond acceptors (Lipinski definition) is 1. The van der Waals surface area contributed by atoms with Crippen LogP contribution in [0, 0.1) is 23.7 Å². The van der Waals surface area contributed by atoms with Crippen LogP contribution in [0.15, 0.2) is 0 Å². The van der Waals surface area contributed by atoms with Crippen LogP contribution in [0.2, 0.25) is 0 Å². The Morgan fingerprint density at radius 1 is 1.12 bits per heavy atom. The zero-order valence-electron chi connectivity index (χ0n) is 12.2. The lowest BCUT2D eigenvalue weighted by Gasteiger charge is -2.35. The Hall–Kier alpha value is -0.530. The molecule has 0 saturated carbocycles. The van der Waals surface area contributed by atoms with Crippen molar-refractivity contribution in [3.63, 3.8) is 0 Å². The van der Waals surface area contributed by atoms with E-state index in [1.807, 2.05) is 4.90 Å². The van der Waals surface area contributed by atoms with Crippen molar-refractivity contribution in [3.8, 4) is 0 Å². The molecule has 1 aliphatic rings. The maximum atomic E-state index is 11.3. The first-order chi connectivity index (χ1) is 7.91. The standard InChI is InChI=1S/C15H29NO/c1-11(2)15(12(3)4)10-14-6-8-16(9-7-14)13(5)17/h11-12,14-15H,6-10H2,1-5H3. The van der Waals surface area contributed by atoms with Crippen molar-refractivity contribution >= 4 is 5.91 Å². The average molecular weight is 239 g/mol. The van der Waals surface area contributed by atoms with E-state index < -0.39 is 0 Å². The molecule has 1 aliphatic heterocycles. The maximum Gasteiger partial charge on any atom is 0.219 e. The molecule has 0 aromatic rings. The summed E-state index contributed by atoms with van der Waals surface area (Å²) in [6.45, 7) is 13.0. The monoisotopic (exact) mass is 239 g/mol. The summed E-state index contributed by atoms with van der Waals surface area (Å²) in [6, 6.07) is 0. The molecule has 2 heteroatoms. The molecule has 2 nitrogen and oxygen atoms in total. The van der Waals surface area contributed by atoms with Gasteiger partial charge in [0, 0.05) is 20.0 Å². The molecule has 0 aromatic heterocycles. The van der Waals surface area contributed by atoms with Gasteiger partial charge < -0.3 is 4.90 Å². The molecule has 1 fully saturated rings. The number of carbonyl (C=O) groups excluding carboxylic acids is 1. The van der Waals surface area contributed by atoms with Crippen molar-refractivity contribution in [2.75, 3.05) is 13.1 Å². The lowest BCUT2D eigenvalue weighted by molar-refractivity contribution is -0.130. The molecule has 0 spiro atoms. The highest BCUT2D eigenvalue weighted by molar-refractivity contribution is 5.73. The minimum Gasteiger partial charge on any atom is -0.343 e. The first-order valence-electron chi connectivity index (χ1n) is 7.17. The molecule has 0 aliphatic carbocycles. The van der Waals surface area contributed by atoms with Crippen LogP contribution in [0.25, 0.3) is 0 Å². The van der Waals surface area contributed by atoms with E-state index in [2.05, 4.69) is 27.7 Å². The van der Waals surface area contributed by atoms with Crippen LogP contribution < -0.4 is 0 Å². The summed E-state index contributed by atoms with van der Waals surface area (Å²) in [5, 5.41) is 0. The van der Waals surface area contributed by atoms with Crippen LogP contribution in [-0.2, 0) is 4.79 Å². The first-order valence-corrected chi connectivity index (χ1v) is 7.17. The number of rotatable bonds is 4. The zero-order valence-corrected chi connectivity index (χ0v) is 12.2. The smallest absolute Gasteiger partial charge is 0.219 e. The molecule has 1 rings (SSSR count). The third kappa shape index (κ3) is 4.33. The van der Waals surface area contributed by atoms with Gasteiger partial charge in [-0.25, -0.2) is 0 Å². The first kappa shape index (κ1) is 14.5. The second-order valence-electron chi connectivity index (χ2n) is 6.34. The van der Waals surface area contributed by atoms with Crippen molar-refractivity contribution in [2.24, 2.45) is 23.7 Å². The second-order valence-corrected chi connectivity index (χ2v) is 6.34. The van der Waals surface area contributed by atoms with Gasteiger partial charge in [-0.15, -0.1) is 0 Å². The van der Waals surface area contributed by atoms with Gasteiger partial charge in [-0.3, -0.25) is 4.79 Å². The van der Waals surface area contributed by atoms with Crippen molar-refractivity contribution in [2.45, 2.75) is 53.9 Å². The van der Waals surface area contributed by atoms with E-state index in [1.54, 1.807) is 6.92 Å². The van der Waals surface area contributed by atoms with Crippen LogP contribution in [0.1, 0.15) is 53.9 Å². The summed E-state index contributed by atoms with van der Waals surface area (Å²) < 4.78 is 0. The molecule has 0 unspecified atom stereocenters. The molecular formula is C15H29NO. The molecule has 0 bridgehead atoms. The molecule has 1 amide bonds. The Bertz CT molecular complexity index is 231. The fourth-order valence-corrected chi connectivity index (χ4v) is 3.18. The number of nitrogens with zero attached hydrogens (tertiary/aromatic N) is 1. The minimum atomic E-state index is 0.243. The average Bonchev–Trinajstić information content (AvgIpc) is 2.25. The molecule has 0 atom stereocenters. The molecule has 100 valence electrons. The largest absolute Gasteiger partial charge is 0.343 e. The predicted molar refractivity (Wildman–Crippen MR) is 72.8 cm³/mol. The van der Waals surface area contributed by atoms with E-state index >= 15 is 0 Å². The topological polar surface area (TPSA) is 20.3 Å². The van der Waals surface area contributed by atoms with Crippen molar-refractivity contribution in [3.05, 3.63) is 0 Å². The van der Waals surface area contributed by atoms with Crippen molar-refractivity contribution in [1.29, 1.82) is 0 Å². The summed E-state index contributed by atoms with van der Waals surface area (Å²) in [5.41, 5.74) is 0. The summed E-state index contributed by atoms with van der Waals surface area (Å²) >= 11 is 0. The lowest BCUT2D eigenvalue weighted by Crippen LogP contribution is -2.37. The molecule has 0 aromatic carbocycles. The van der Waals surface area contributed by atoms with Gasteiger partial charge in [0.15, 0.2) is 0 Å². The Labute approximate surface area is 107 Å². The molecule has 1 heterocycles. The highest BCUT2D eigenvalue weighted by Gasteiger charge is 2.26. The lowest BCUT2D eigenvalue weighted by atomic mass is 9.76. The molecular weight excluding hydrogens is 210 g/mol. The Balaban J connectivity index is 2.41. The third-order valence-electron chi connectivity index (χ3n) is 4.38. The van der Waals surface area contributed by atoms with E-state index in [9.17, 15) is 4.79 Å². The normalized spacial score (nSPS) is 18.5. The number of hydrogen-bond donors (Lipinski definition) is 0. The van der Waals surface area contributed by atoms with Gasteiger partial charge in [-0.1, -0.05) is 27.7 Å². The maximum absolute atomic E-state index is 11.3. The van der Waals surface area contributed by atoms with E-state index in [-0.39, 0.29) is 5.91 Å². The summed E-state index contributed by atoms with van der Waals surface area (Å²) in [7, 11) is 0. The third-order valence-corrected chi connectivity index (χ3v) is 4.38. The van der Waals surface area contributed by atoms with Crippen LogP contribution in [0.4, 0.5) is 0 Å². The highest BCUT2D eigenvalue weighted by atomic mass is 16.2. The highest BCUT2D eigenvalue weighted by Crippen LogP contribution is 2.32. The summed E-state index contributed by atoms with van der Waals surface area (Å²) in [6.07, 6.45) is 3.76. The van der Waals surface area contributed by atoms with E-state index in [1.165, 1.54) is 19.3 Å². The molecule has 0 radical (unpaired) electrons. The van der Waals surface area contributed by atoms with Crippen molar-refractivity contribution in [1.82, 2.24) is 4.90 Å². The van der Waals surface area contributed by atoms with E-state index in [0.717, 1.165) is 36.8 Å². The number of piperidine rings is 1. The van der Waals surface area contributed by atoms with Gasteiger partial charge in [-0.2, -0.15) is 0 Å². The molecule has 0 N–H and O–H groups in total. The van der Waals surface area contributed by atoms with Gasteiger partial charge in [0.2, 0.25) is 5.91 Å². The van der Waals surface area contributed by atoms with Crippen LogP contribution in [0.3, 0.4) is 0 Å². The summed E-state index contributed by atoms with van der Waals surface area (Å²) in [4.78, 5) is 13.3. The van der Waals surface area contributed by atoms with Crippen LogP contribution in [0.5, 0.6) is 0 Å².